The van der Waals surface area contributed by atoms with Crippen molar-refractivity contribution in [2.45, 2.75) is 111 Å². The number of hydrogen-bond acceptors (Lipinski definition) is 3. The van der Waals surface area contributed by atoms with E-state index in [1.165, 1.54) is 44.1 Å². The van der Waals surface area contributed by atoms with Crippen LogP contribution < -0.4 is 0 Å². The summed E-state index contributed by atoms with van der Waals surface area (Å²) in [5.74, 6) is 2.74. The summed E-state index contributed by atoms with van der Waals surface area (Å²) in [5, 5.41) is 32.8. The van der Waals surface area contributed by atoms with Gasteiger partial charge in [-0.1, -0.05) is 32.4 Å². The molecule has 4 fully saturated rings. The second kappa shape index (κ2) is 8.19. The summed E-state index contributed by atoms with van der Waals surface area (Å²) >= 11 is 0. The van der Waals surface area contributed by atoms with Gasteiger partial charge in [0.25, 0.3) is 0 Å². The molecule has 4 aliphatic rings. The zero-order valence-electron chi connectivity index (χ0n) is 20.0. The van der Waals surface area contributed by atoms with E-state index in [0.717, 1.165) is 18.8 Å². The van der Waals surface area contributed by atoms with E-state index in [9.17, 15) is 15.3 Å². The molecule has 172 valence electrons. The molecule has 3 nitrogen and oxygen atoms in total. The first-order valence-electron chi connectivity index (χ1n) is 12.8. The van der Waals surface area contributed by atoms with E-state index in [-0.39, 0.29) is 23.4 Å². The van der Waals surface area contributed by atoms with Gasteiger partial charge in [0.05, 0.1) is 18.3 Å². The van der Waals surface area contributed by atoms with Gasteiger partial charge in [0, 0.05) is 0 Å². The number of allylic oxidation sites excluding steroid dienone is 2. The molecular formula is C27H46O3. The molecule has 0 heterocycles. The predicted octanol–water partition coefficient (Wildman–Crippen LogP) is 5.33. The van der Waals surface area contributed by atoms with Crippen LogP contribution in [0.2, 0.25) is 0 Å². The van der Waals surface area contributed by atoms with Crippen LogP contribution in [0.15, 0.2) is 11.6 Å². The summed E-state index contributed by atoms with van der Waals surface area (Å²) in [6, 6.07) is 0. The first kappa shape index (κ1) is 22.8. The first-order valence-corrected chi connectivity index (χ1v) is 12.8. The molecule has 0 aromatic heterocycles. The van der Waals surface area contributed by atoms with Gasteiger partial charge in [0.15, 0.2) is 0 Å². The lowest BCUT2D eigenvalue weighted by Crippen LogP contribution is -2.64. The highest BCUT2D eigenvalue weighted by Crippen LogP contribution is 2.68. The summed E-state index contributed by atoms with van der Waals surface area (Å²) in [6.45, 7) is 11.7. The van der Waals surface area contributed by atoms with Crippen molar-refractivity contribution < 1.29 is 15.3 Å². The van der Waals surface area contributed by atoms with E-state index in [4.69, 9.17) is 0 Å². The Morgan fingerprint density at radius 2 is 1.57 bits per heavy atom. The summed E-state index contributed by atoms with van der Waals surface area (Å²) in [6.07, 6.45) is 10.6. The number of rotatable bonds is 4. The zero-order chi connectivity index (χ0) is 21.8. The Labute approximate surface area is 184 Å². The lowest BCUT2D eigenvalue weighted by Gasteiger charge is -2.63. The zero-order valence-corrected chi connectivity index (χ0v) is 20.0. The minimum absolute atomic E-state index is 0.0436. The van der Waals surface area contributed by atoms with Gasteiger partial charge in [-0.2, -0.15) is 0 Å². The Bertz CT molecular complexity index is 654. The average molecular weight is 419 g/mol. The molecule has 4 aliphatic carbocycles. The van der Waals surface area contributed by atoms with E-state index < -0.39 is 12.2 Å². The maximum atomic E-state index is 11.4. The van der Waals surface area contributed by atoms with Crippen LogP contribution in [-0.2, 0) is 0 Å². The van der Waals surface area contributed by atoms with E-state index in [2.05, 4.69) is 40.7 Å². The van der Waals surface area contributed by atoms with E-state index >= 15 is 0 Å². The second-order valence-electron chi connectivity index (χ2n) is 12.4. The summed E-state index contributed by atoms with van der Waals surface area (Å²) in [7, 11) is 0. The molecule has 1 unspecified atom stereocenters. The van der Waals surface area contributed by atoms with Crippen molar-refractivity contribution >= 4 is 0 Å². The quantitative estimate of drug-likeness (QED) is 0.541. The van der Waals surface area contributed by atoms with Crippen LogP contribution in [0, 0.1) is 46.3 Å². The number of hydrogen-bond donors (Lipinski definition) is 3. The van der Waals surface area contributed by atoms with Crippen molar-refractivity contribution in [1.82, 2.24) is 0 Å². The fourth-order valence-corrected chi connectivity index (χ4v) is 9.05. The fourth-order valence-electron chi connectivity index (χ4n) is 9.05. The number of fused-ring (bicyclic) bond motifs is 5. The molecule has 11 atom stereocenters. The molecular weight excluding hydrogens is 372 g/mol. The van der Waals surface area contributed by atoms with Crippen LogP contribution in [0.25, 0.3) is 0 Å². The van der Waals surface area contributed by atoms with Gasteiger partial charge in [-0.05, 0) is 118 Å². The molecule has 4 rings (SSSR count). The van der Waals surface area contributed by atoms with Crippen molar-refractivity contribution in [3.63, 3.8) is 0 Å². The maximum Gasteiger partial charge on any atom is 0.0836 e. The van der Waals surface area contributed by atoms with Gasteiger partial charge in [0.1, 0.15) is 0 Å². The molecule has 3 N–H and O–H groups in total. The van der Waals surface area contributed by atoms with Crippen molar-refractivity contribution in [3.8, 4) is 0 Å². The van der Waals surface area contributed by atoms with Crippen LogP contribution in [0.3, 0.4) is 0 Å². The largest absolute Gasteiger partial charge is 0.393 e. The van der Waals surface area contributed by atoms with Crippen molar-refractivity contribution in [2.24, 2.45) is 46.3 Å². The third-order valence-corrected chi connectivity index (χ3v) is 10.7. The van der Waals surface area contributed by atoms with Crippen LogP contribution >= 0.6 is 0 Å². The van der Waals surface area contributed by atoms with Crippen molar-refractivity contribution in [2.75, 3.05) is 0 Å². The van der Waals surface area contributed by atoms with E-state index in [1.54, 1.807) is 0 Å². The molecule has 0 saturated heterocycles. The lowest BCUT2D eigenvalue weighted by molar-refractivity contribution is -0.223. The lowest BCUT2D eigenvalue weighted by atomic mass is 9.43. The standard InChI is InChI=1S/C27H46O3/c1-16(2)7-6-8-17(3)19-9-10-20-23-21(12-14-26(19,20)4)27(5)13-11-18(28)15-22(27)24(29)25(23)30/h7,17-25,28-30H,6,8-15H2,1-5H3/t17-,18-,19-,20+,21+,22?,23+,24+,25-,26-,27-/m1/s1. The van der Waals surface area contributed by atoms with Crippen LogP contribution in [-0.4, -0.2) is 33.6 Å². The molecule has 30 heavy (non-hydrogen) atoms. The monoisotopic (exact) mass is 418 g/mol. The third-order valence-electron chi connectivity index (χ3n) is 10.7. The molecule has 0 aromatic carbocycles. The van der Waals surface area contributed by atoms with Gasteiger partial charge in [0.2, 0.25) is 0 Å². The maximum absolute atomic E-state index is 11.4. The molecule has 3 heteroatoms. The average Bonchev–Trinajstić information content (AvgIpc) is 3.04. The van der Waals surface area contributed by atoms with E-state index in [1.807, 2.05) is 0 Å². The highest BCUT2D eigenvalue weighted by atomic mass is 16.3. The first-order chi connectivity index (χ1) is 14.1. The fraction of sp³-hybridized carbons (Fsp3) is 0.926. The molecule has 0 aromatic rings. The molecule has 4 saturated carbocycles. The van der Waals surface area contributed by atoms with Gasteiger partial charge >= 0.3 is 0 Å². The van der Waals surface area contributed by atoms with Gasteiger partial charge < -0.3 is 15.3 Å². The molecule has 0 radical (unpaired) electrons. The second-order valence-corrected chi connectivity index (χ2v) is 12.4. The van der Waals surface area contributed by atoms with Crippen LogP contribution in [0.4, 0.5) is 0 Å². The van der Waals surface area contributed by atoms with Crippen molar-refractivity contribution in [3.05, 3.63) is 11.6 Å². The number of aliphatic hydroxyl groups excluding tert-OH is 3. The summed E-state index contributed by atoms with van der Waals surface area (Å²) in [5.41, 5.74) is 1.78. The predicted molar refractivity (Wildman–Crippen MR) is 122 cm³/mol. The Morgan fingerprint density at radius 1 is 0.900 bits per heavy atom. The Morgan fingerprint density at radius 3 is 2.27 bits per heavy atom. The smallest absolute Gasteiger partial charge is 0.0836 e. The molecule has 0 aliphatic heterocycles. The Balaban J connectivity index is 1.56. The summed E-state index contributed by atoms with van der Waals surface area (Å²) < 4.78 is 0. The minimum atomic E-state index is -0.678. The minimum Gasteiger partial charge on any atom is -0.393 e. The third kappa shape index (κ3) is 3.52. The van der Waals surface area contributed by atoms with Gasteiger partial charge in [-0.15, -0.1) is 0 Å². The van der Waals surface area contributed by atoms with Gasteiger partial charge in [-0.3, -0.25) is 0 Å². The highest BCUT2D eigenvalue weighted by molar-refractivity contribution is 5.14. The molecule has 0 bridgehead atoms. The van der Waals surface area contributed by atoms with Crippen LogP contribution in [0.1, 0.15) is 92.4 Å². The Kier molecular flexibility index (Phi) is 6.23. The van der Waals surface area contributed by atoms with Crippen molar-refractivity contribution in [1.29, 1.82) is 0 Å². The van der Waals surface area contributed by atoms with Gasteiger partial charge in [-0.25, -0.2) is 0 Å². The summed E-state index contributed by atoms with van der Waals surface area (Å²) in [4.78, 5) is 0. The van der Waals surface area contributed by atoms with Crippen LogP contribution in [0.5, 0.6) is 0 Å². The van der Waals surface area contributed by atoms with E-state index in [0.29, 0.717) is 29.6 Å². The molecule has 0 amide bonds. The highest BCUT2D eigenvalue weighted by Gasteiger charge is 2.65. The topological polar surface area (TPSA) is 60.7 Å². The number of aliphatic hydroxyl groups is 3. The Hall–Kier alpha value is -0.380. The SMILES string of the molecule is CC(C)=CCC[C@@H](C)[C@H]1CC[C@H]2[C@@H]3[C@@H](O)[C@@H](O)C4C[C@H](O)CC[C@]4(C)[C@H]3CC[C@]12C. The molecule has 0 spiro atoms. The normalized spacial score (nSPS) is 51.5.